The highest BCUT2D eigenvalue weighted by atomic mass is 32.2. The Morgan fingerprint density at radius 2 is 1.94 bits per heavy atom. The number of amides is 1. The van der Waals surface area contributed by atoms with Gasteiger partial charge in [-0.25, -0.2) is 15.4 Å². The third-order valence-corrected chi connectivity index (χ3v) is 8.17. The zero-order chi connectivity index (χ0) is 21.7. The van der Waals surface area contributed by atoms with Crippen LogP contribution in [-0.2, 0) is 20.3 Å². The Bertz CT molecular complexity index is 910. The van der Waals surface area contributed by atoms with Crippen LogP contribution in [0.25, 0.3) is 11.3 Å². The van der Waals surface area contributed by atoms with E-state index in [9.17, 15) is 9.00 Å². The van der Waals surface area contributed by atoms with Crippen LogP contribution in [-0.4, -0.2) is 49.9 Å². The normalized spacial score (nSPS) is 19.3. The summed E-state index contributed by atoms with van der Waals surface area (Å²) in [6.45, 7) is 1.30. The van der Waals surface area contributed by atoms with Crippen molar-refractivity contribution in [3.8, 4) is 17.1 Å². The van der Waals surface area contributed by atoms with Crippen molar-refractivity contribution in [2.24, 2.45) is 5.92 Å². The Kier molecular flexibility index (Phi) is 6.94. The summed E-state index contributed by atoms with van der Waals surface area (Å²) in [5.74, 6) is 0.661. The largest absolute Gasteiger partial charge is 0.477 e. The van der Waals surface area contributed by atoms with Crippen LogP contribution >= 0.6 is 0 Å². The van der Waals surface area contributed by atoms with Crippen molar-refractivity contribution in [3.05, 3.63) is 36.7 Å². The third kappa shape index (κ3) is 4.78. The number of nitrogens with zero attached hydrogens (tertiary/aromatic N) is 2. The molecule has 1 aromatic carbocycles. The number of aromatic nitrogens is 2. The SMILES string of the molecule is O=C(NO)C1(S(=O)c2ccc(-c3cnc(OCCC4CCC4)cn3)cc2)CCOCC1. The molecular formula is C22H27N3O5S. The van der Waals surface area contributed by atoms with Gasteiger partial charge in [-0.05, 0) is 37.3 Å². The molecule has 1 aliphatic heterocycles. The molecule has 1 unspecified atom stereocenters. The van der Waals surface area contributed by atoms with E-state index >= 15 is 0 Å². The summed E-state index contributed by atoms with van der Waals surface area (Å²) in [5, 5.41) is 9.16. The fourth-order valence-corrected chi connectivity index (χ4v) is 5.51. The number of carbonyl (C=O) groups excluding carboxylic acids is 1. The maximum atomic E-state index is 13.2. The van der Waals surface area contributed by atoms with Gasteiger partial charge in [-0.2, -0.15) is 0 Å². The lowest BCUT2D eigenvalue weighted by atomic mass is 9.83. The van der Waals surface area contributed by atoms with Crippen molar-refractivity contribution in [2.45, 2.75) is 48.2 Å². The van der Waals surface area contributed by atoms with Crippen LogP contribution in [0.1, 0.15) is 38.5 Å². The molecule has 9 heteroatoms. The standard InChI is InChI=1S/C22H27N3O5S/c26-21(25-27)22(9-12-29-13-10-22)31(28)18-6-4-17(5-7-18)19-14-24-20(15-23-19)30-11-8-16-2-1-3-16/h4-7,14-16,27H,1-3,8-13H2,(H,25,26). The van der Waals surface area contributed by atoms with Gasteiger partial charge in [-0.1, -0.05) is 31.4 Å². The van der Waals surface area contributed by atoms with Crippen LogP contribution in [0, 0.1) is 5.92 Å². The molecule has 2 heterocycles. The Morgan fingerprint density at radius 3 is 2.52 bits per heavy atom. The second-order valence-corrected chi connectivity index (χ2v) is 9.80. The predicted molar refractivity (Wildman–Crippen MR) is 114 cm³/mol. The van der Waals surface area contributed by atoms with E-state index in [4.69, 9.17) is 14.7 Å². The third-order valence-electron chi connectivity index (χ3n) is 6.16. The van der Waals surface area contributed by atoms with E-state index in [0.29, 0.717) is 36.3 Å². The molecule has 1 saturated heterocycles. The molecule has 1 aliphatic carbocycles. The first-order valence-electron chi connectivity index (χ1n) is 10.6. The minimum atomic E-state index is -1.64. The van der Waals surface area contributed by atoms with E-state index < -0.39 is 21.5 Å². The van der Waals surface area contributed by atoms with Gasteiger partial charge in [0, 0.05) is 23.7 Å². The highest BCUT2D eigenvalue weighted by Gasteiger charge is 2.46. The molecule has 0 radical (unpaired) electrons. The molecule has 4 rings (SSSR count). The van der Waals surface area contributed by atoms with E-state index in [1.807, 2.05) is 0 Å². The summed E-state index contributed by atoms with van der Waals surface area (Å²) in [6, 6.07) is 7.05. The summed E-state index contributed by atoms with van der Waals surface area (Å²) in [7, 11) is -1.64. The predicted octanol–water partition coefficient (Wildman–Crippen LogP) is 2.87. The van der Waals surface area contributed by atoms with Gasteiger partial charge in [-0.15, -0.1) is 0 Å². The average molecular weight is 446 g/mol. The molecule has 8 nitrogen and oxygen atoms in total. The van der Waals surface area contributed by atoms with E-state index in [2.05, 4.69) is 9.97 Å². The van der Waals surface area contributed by atoms with Crippen LogP contribution in [0.15, 0.2) is 41.6 Å². The van der Waals surface area contributed by atoms with Crippen LogP contribution in [0.5, 0.6) is 5.88 Å². The van der Waals surface area contributed by atoms with Crippen LogP contribution in [0.2, 0.25) is 0 Å². The molecule has 166 valence electrons. The molecule has 2 N–H and O–H groups in total. The van der Waals surface area contributed by atoms with Gasteiger partial charge < -0.3 is 9.47 Å². The second-order valence-electron chi connectivity index (χ2n) is 8.01. The van der Waals surface area contributed by atoms with Crippen molar-refractivity contribution in [2.75, 3.05) is 19.8 Å². The zero-order valence-corrected chi connectivity index (χ0v) is 18.1. The fraction of sp³-hybridized carbons (Fsp3) is 0.500. The highest BCUT2D eigenvalue weighted by Crippen LogP contribution is 2.33. The lowest BCUT2D eigenvalue weighted by Crippen LogP contribution is -2.52. The maximum absolute atomic E-state index is 13.2. The number of benzene rings is 1. The molecule has 31 heavy (non-hydrogen) atoms. The first-order chi connectivity index (χ1) is 15.1. The molecule has 0 bridgehead atoms. The maximum Gasteiger partial charge on any atom is 0.262 e. The Balaban J connectivity index is 1.42. The minimum absolute atomic E-state index is 0.279. The molecule has 2 fully saturated rings. The molecule has 2 aliphatic rings. The number of hydrogen-bond donors (Lipinski definition) is 2. The van der Waals surface area contributed by atoms with Gasteiger partial charge >= 0.3 is 0 Å². The number of hydroxylamine groups is 1. The van der Waals surface area contributed by atoms with Crippen LogP contribution < -0.4 is 10.2 Å². The topological polar surface area (TPSA) is 111 Å². The van der Waals surface area contributed by atoms with Gasteiger partial charge in [0.1, 0.15) is 4.75 Å². The first kappa shape index (κ1) is 21.9. The second kappa shape index (κ2) is 9.84. The molecule has 2 aromatic rings. The fourth-order valence-electron chi connectivity index (χ4n) is 3.93. The zero-order valence-electron chi connectivity index (χ0n) is 17.3. The van der Waals surface area contributed by atoms with Crippen molar-refractivity contribution < 1.29 is 23.7 Å². The van der Waals surface area contributed by atoms with Gasteiger partial charge in [0.2, 0.25) is 5.88 Å². The van der Waals surface area contributed by atoms with E-state index in [-0.39, 0.29) is 12.8 Å². The lowest BCUT2D eigenvalue weighted by molar-refractivity contribution is -0.134. The van der Waals surface area contributed by atoms with E-state index in [1.165, 1.54) is 19.3 Å². The summed E-state index contributed by atoms with van der Waals surface area (Å²) in [6.07, 6.45) is 8.82. The molecule has 1 aromatic heterocycles. The van der Waals surface area contributed by atoms with E-state index in [0.717, 1.165) is 17.9 Å². The van der Waals surface area contributed by atoms with Crippen LogP contribution in [0.3, 0.4) is 0 Å². The van der Waals surface area contributed by atoms with Crippen molar-refractivity contribution in [1.82, 2.24) is 15.4 Å². The van der Waals surface area contributed by atoms with Crippen LogP contribution in [0.4, 0.5) is 0 Å². The lowest BCUT2D eigenvalue weighted by Gasteiger charge is -2.33. The summed E-state index contributed by atoms with van der Waals surface area (Å²) in [4.78, 5) is 21.6. The summed E-state index contributed by atoms with van der Waals surface area (Å²) >= 11 is 0. The summed E-state index contributed by atoms with van der Waals surface area (Å²) < 4.78 is 23.0. The number of rotatable bonds is 8. The number of nitrogens with one attached hydrogen (secondary N) is 1. The van der Waals surface area contributed by atoms with Crippen molar-refractivity contribution in [1.29, 1.82) is 0 Å². The molecule has 0 spiro atoms. The van der Waals surface area contributed by atoms with Gasteiger partial charge in [0.05, 0.1) is 35.5 Å². The molecule has 1 saturated carbocycles. The smallest absolute Gasteiger partial charge is 0.262 e. The van der Waals surface area contributed by atoms with E-state index in [1.54, 1.807) is 42.1 Å². The van der Waals surface area contributed by atoms with Gasteiger partial charge in [0.15, 0.2) is 0 Å². The van der Waals surface area contributed by atoms with Crippen molar-refractivity contribution in [3.63, 3.8) is 0 Å². The average Bonchev–Trinajstić information content (AvgIpc) is 2.80. The highest BCUT2D eigenvalue weighted by molar-refractivity contribution is 7.87. The molecular weight excluding hydrogens is 418 g/mol. The first-order valence-corrected chi connectivity index (χ1v) is 11.8. The monoisotopic (exact) mass is 445 g/mol. The van der Waals surface area contributed by atoms with Crippen molar-refractivity contribution >= 4 is 16.7 Å². The number of hydrogen-bond acceptors (Lipinski definition) is 7. The number of carbonyl (C=O) groups is 1. The Labute approximate surface area is 183 Å². The number of ether oxygens (including phenoxy) is 2. The molecule has 1 amide bonds. The van der Waals surface area contributed by atoms with Gasteiger partial charge in [0.25, 0.3) is 5.91 Å². The minimum Gasteiger partial charge on any atom is -0.477 e. The molecule has 1 atom stereocenters. The quantitative estimate of drug-likeness (QED) is 0.475. The Hall–Kier alpha value is -2.36. The summed E-state index contributed by atoms with van der Waals surface area (Å²) in [5.41, 5.74) is 3.18. The Morgan fingerprint density at radius 1 is 1.19 bits per heavy atom. The van der Waals surface area contributed by atoms with Gasteiger partial charge in [-0.3, -0.25) is 14.2 Å².